The van der Waals surface area contributed by atoms with Gasteiger partial charge < -0.3 is 23.8 Å². The second-order valence-electron chi connectivity index (χ2n) is 17.0. The molecule has 1 amide bonds. The molecule has 0 aromatic heterocycles. The molecule has 2 bridgehead atoms. The Morgan fingerprint density at radius 1 is 1.05 bits per heavy atom. The number of amides is 1. The fourth-order valence-electron chi connectivity index (χ4n) is 10.2. The van der Waals surface area contributed by atoms with E-state index in [2.05, 4.69) is 43.7 Å². The number of carbonyl (C=O) groups is 1. The minimum atomic E-state index is -4.10. The van der Waals surface area contributed by atoms with Crippen molar-refractivity contribution in [1.82, 2.24) is 14.5 Å². The van der Waals surface area contributed by atoms with Crippen molar-refractivity contribution in [2.45, 2.75) is 67.8 Å². The largest absolute Gasteiger partial charge is 0.490 e. The molecule has 55 heavy (non-hydrogen) atoms. The minimum Gasteiger partial charge on any atom is -0.490 e. The molecule has 3 fully saturated rings. The van der Waals surface area contributed by atoms with Crippen LogP contribution in [0.3, 0.4) is 0 Å². The van der Waals surface area contributed by atoms with Crippen molar-refractivity contribution in [1.29, 1.82) is 0 Å². The first kappa shape index (κ1) is 39.1. The third kappa shape index (κ3) is 7.69. The number of nitrogens with zero attached hydrogens (tertiary/aromatic N) is 3. The first-order chi connectivity index (χ1) is 26.5. The summed E-state index contributed by atoms with van der Waals surface area (Å²) in [6.45, 7) is 10.2. The molecule has 1 saturated carbocycles. The van der Waals surface area contributed by atoms with E-state index in [0.717, 1.165) is 95.3 Å². The topological polar surface area (TPSA) is 110 Å². The number of allylic oxidation sites excluding steroid dienone is 1. The lowest BCUT2D eigenvalue weighted by Crippen LogP contribution is -2.61. The van der Waals surface area contributed by atoms with E-state index in [4.69, 9.17) is 30.5 Å². The lowest BCUT2D eigenvalue weighted by molar-refractivity contribution is -0.107. The van der Waals surface area contributed by atoms with Gasteiger partial charge in [-0.3, -0.25) is 14.6 Å². The van der Waals surface area contributed by atoms with Gasteiger partial charge in [-0.1, -0.05) is 36.7 Å². The molecule has 13 heteroatoms. The Bertz CT molecular complexity index is 1870. The number of fused-ring (bicyclic) bond motifs is 4. The number of rotatable bonds is 6. The van der Waals surface area contributed by atoms with Crippen molar-refractivity contribution in [3.63, 3.8) is 0 Å². The van der Waals surface area contributed by atoms with E-state index in [-0.39, 0.29) is 29.4 Å². The molecular formula is C42H57ClN4O7S. The van der Waals surface area contributed by atoms with Crippen LogP contribution in [0.25, 0.3) is 0 Å². The molecule has 1 N–H and O–H groups in total. The molecular weight excluding hydrogens is 740 g/mol. The van der Waals surface area contributed by atoms with Crippen LogP contribution in [0.1, 0.15) is 60.5 Å². The molecule has 4 heterocycles. The van der Waals surface area contributed by atoms with Gasteiger partial charge in [-0.2, -0.15) is 0 Å². The molecule has 2 aromatic rings. The molecule has 0 unspecified atom stereocenters. The summed E-state index contributed by atoms with van der Waals surface area (Å²) >= 11 is 6.52. The van der Waals surface area contributed by atoms with Gasteiger partial charge in [-0.25, -0.2) is 13.1 Å². The summed E-state index contributed by atoms with van der Waals surface area (Å²) in [6.07, 6.45) is 9.93. The highest BCUT2D eigenvalue weighted by Gasteiger charge is 2.50. The predicted molar refractivity (Wildman–Crippen MR) is 214 cm³/mol. The van der Waals surface area contributed by atoms with Crippen LogP contribution in [0.2, 0.25) is 5.02 Å². The smallest absolute Gasteiger partial charge is 0.264 e. The van der Waals surface area contributed by atoms with Gasteiger partial charge in [0.2, 0.25) is 10.0 Å². The van der Waals surface area contributed by atoms with Crippen molar-refractivity contribution >= 4 is 33.2 Å². The summed E-state index contributed by atoms with van der Waals surface area (Å²) in [4.78, 5) is 21.3. The number of benzene rings is 2. The summed E-state index contributed by atoms with van der Waals surface area (Å²) in [5.74, 6) is 0.280. The highest BCUT2D eigenvalue weighted by atomic mass is 35.5. The molecule has 2 aliphatic carbocycles. The normalized spacial score (nSPS) is 33.6. The first-order valence-electron chi connectivity index (χ1n) is 20.2. The average Bonchev–Trinajstić information content (AvgIpc) is 3.28. The maximum atomic E-state index is 13.9. The number of hydrogen-bond donors (Lipinski definition) is 1. The Hall–Kier alpha value is -2.71. The molecule has 6 aliphatic rings. The van der Waals surface area contributed by atoms with Crippen LogP contribution < -0.4 is 14.4 Å². The predicted octanol–water partition coefficient (Wildman–Crippen LogP) is 4.91. The Morgan fingerprint density at radius 3 is 2.58 bits per heavy atom. The zero-order chi connectivity index (χ0) is 38.4. The van der Waals surface area contributed by atoms with Gasteiger partial charge >= 0.3 is 0 Å². The van der Waals surface area contributed by atoms with Crippen LogP contribution in [0.4, 0.5) is 5.69 Å². The van der Waals surface area contributed by atoms with Crippen LogP contribution in [-0.2, 0) is 36.1 Å². The van der Waals surface area contributed by atoms with E-state index in [1.165, 1.54) is 18.2 Å². The fourth-order valence-corrected chi connectivity index (χ4v) is 12.0. The molecule has 11 nitrogen and oxygen atoms in total. The lowest BCUT2D eigenvalue weighted by Gasteiger charge is -2.52. The summed E-state index contributed by atoms with van der Waals surface area (Å²) in [7, 11) is -0.762. The van der Waals surface area contributed by atoms with Crippen molar-refractivity contribution in [3.05, 3.63) is 70.3 Å². The highest BCUT2D eigenvalue weighted by Crippen LogP contribution is 2.49. The lowest BCUT2D eigenvalue weighted by atomic mass is 9.63. The van der Waals surface area contributed by atoms with Crippen LogP contribution >= 0.6 is 11.6 Å². The van der Waals surface area contributed by atoms with Crippen molar-refractivity contribution in [3.8, 4) is 5.75 Å². The van der Waals surface area contributed by atoms with Crippen molar-refractivity contribution in [2.75, 3.05) is 91.4 Å². The number of halogens is 1. The second-order valence-corrected chi connectivity index (χ2v) is 19.3. The van der Waals surface area contributed by atoms with Gasteiger partial charge in [0.05, 0.1) is 38.2 Å². The van der Waals surface area contributed by atoms with Gasteiger partial charge in [-0.05, 0) is 97.7 Å². The summed E-state index contributed by atoms with van der Waals surface area (Å²) in [6, 6.07) is 12.1. The highest BCUT2D eigenvalue weighted by molar-refractivity contribution is 7.90. The average molecular weight is 797 g/mol. The number of piperazine rings is 1. The maximum Gasteiger partial charge on any atom is 0.264 e. The third-order valence-corrected chi connectivity index (χ3v) is 15.8. The molecule has 300 valence electrons. The van der Waals surface area contributed by atoms with Gasteiger partial charge in [0, 0.05) is 76.0 Å². The van der Waals surface area contributed by atoms with Crippen LogP contribution in [0, 0.1) is 17.8 Å². The van der Waals surface area contributed by atoms with Crippen LogP contribution in [0.5, 0.6) is 5.75 Å². The van der Waals surface area contributed by atoms with Gasteiger partial charge in [-0.15, -0.1) is 0 Å². The van der Waals surface area contributed by atoms with Crippen molar-refractivity contribution in [2.24, 2.45) is 17.8 Å². The quantitative estimate of drug-likeness (QED) is 0.406. The number of methoxy groups -OCH3 is 2. The number of aryl methyl sites for hydroxylation is 1. The number of sulfonamides is 1. The molecule has 2 saturated heterocycles. The number of anilines is 1. The number of carbonyl (C=O) groups excluding carboxylic acids is 1. The van der Waals surface area contributed by atoms with E-state index >= 15 is 0 Å². The minimum absolute atomic E-state index is 0.0331. The zero-order valence-corrected chi connectivity index (χ0v) is 34.1. The van der Waals surface area contributed by atoms with Crippen LogP contribution in [0.15, 0.2) is 48.6 Å². The Morgan fingerprint density at radius 2 is 1.87 bits per heavy atom. The standard InChI is InChI=1S/C42H57ClN4O7S/c1-29-6-4-15-42(52-3,27-45-16-18-46(19-17-45)34-23-53-24-34)36-11-8-32(36)22-47-26-41(14-5-7-30-20-33(43)10-12-35(30)41)28-54-38-13-9-31(21-37(38)47)40(48)44-55(49,50)39(29)25-51-2/h4,9-10,12-13,15,20-21,29,32,34,36,39H,5-8,11,14,16-19,22-28H2,1-3H3,(H,44,48)/b15-4-/t29-,32-,36+,39+,41-,42+/m0/s1. The molecule has 8 rings (SSSR count). The monoisotopic (exact) mass is 796 g/mol. The number of ether oxygens (including phenoxy) is 4. The van der Waals surface area contributed by atoms with Crippen LogP contribution in [-0.4, -0.2) is 127 Å². The van der Waals surface area contributed by atoms with E-state index in [0.29, 0.717) is 37.3 Å². The summed E-state index contributed by atoms with van der Waals surface area (Å²) < 4.78 is 54.6. The summed E-state index contributed by atoms with van der Waals surface area (Å²) in [5.41, 5.74) is 2.79. The Kier molecular flexibility index (Phi) is 11.3. The molecule has 2 aromatic carbocycles. The molecule has 1 spiro atoms. The fraction of sp³-hybridized carbons (Fsp3) is 0.643. The molecule has 4 aliphatic heterocycles. The van der Waals surface area contributed by atoms with E-state index in [9.17, 15) is 13.2 Å². The van der Waals surface area contributed by atoms with E-state index < -0.39 is 26.8 Å². The SMILES string of the molecule is COC[C@@H]1[C@@H](C)C/C=C\[C@](CN2CCN(C3COC3)CC2)(OC)[C@@H]2CC[C@H]2CN2C[C@@]3(CCCc4cc(Cl)ccc43)COc3ccc(cc32)C(=O)NS1(=O)=O. The first-order valence-corrected chi connectivity index (χ1v) is 22.1. The number of hydrogen-bond acceptors (Lipinski definition) is 10. The van der Waals surface area contributed by atoms with Crippen molar-refractivity contribution < 1.29 is 32.2 Å². The van der Waals surface area contributed by atoms with E-state index in [1.807, 2.05) is 32.2 Å². The second kappa shape index (κ2) is 15.9. The van der Waals surface area contributed by atoms with E-state index in [1.54, 1.807) is 6.07 Å². The third-order valence-electron chi connectivity index (χ3n) is 13.7. The summed E-state index contributed by atoms with van der Waals surface area (Å²) in [5, 5.41) is -0.192. The molecule has 6 atom stereocenters. The Balaban J connectivity index is 1.18. The molecule has 0 radical (unpaired) electrons. The van der Waals surface area contributed by atoms with Gasteiger partial charge in [0.1, 0.15) is 16.6 Å². The van der Waals surface area contributed by atoms with Gasteiger partial charge in [0.25, 0.3) is 5.91 Å². The number of nitrogens with one attached hydrogen (secondary N) is 1. The van der Waals surface area contributed by atoms with Gasteiger partial charge in [0.15, 0.2) is 0 Å². The Labute approximate surface area is 331 Å². The maximum absolute atomic E-state index is 13.9. The zero-order valence-electron chi connectivity index (χ0n) is 32.5.